The number of aryl methyl sites for hydroxylation is 2. The van der Waals surface area contributed by atoms with Crippen molar-refractivity contribution in [2.75, 3.05) is 37.7 Å². The van der Waals surface area contributed by atoms with Crippen molar-refractivity contribution in [3.05, 3.63) is 35.2 Å². The topological polar surface area (TPSA) is 71.7 Å². The van der Waals surface area contributed by atoms with Crippen molar-refractivity contribution < 1.29 is 13.9 Å². The number of amides is 1. The van der Waals surface area contributed by atoms with Gasteiger partial charge in [-0.15, -0.1) is 5.10 Å². The van der Waals surface area contributed by atoms with Crippen LogP contribution in [0.1, 0.15) is 35.8 Å². The summed E-state index contributed by atoms with van der Waals surface area (Å²) in [5, 5.41) is 8.27. The van der Waals surface area contributed by atoms with Gasteiger partial charge in [0.15, 0.2) is 6.61 Å². The maximum atomic E-state index is 12.4. The van der Waals surface area contributed by atoms with Gasteiger partial charge in [-0.25, -0.2) is 0 Å². The van der Waals surface area contributed by atoms with E-state index in [0.29, 0.717) is 38.1 Å². The Labute approximate surface area is 152 Å². The molecule has 2 heterocycles. The number of aromatic nitrogens is 2. The predicted molar refractivity (Wildman–Crippen MR) is 96.5 cm³/mol. The number of hydrogen-bond acceptors (Lipinski definition) is 6. The van der Waals surface area contributed by atoms with Gasteiger partial charge in [0.2, 0.25) is 5.89 Å². The lowest BCUT2D eigenvalue weighted by Gasteiger charge is -2.33. The molecule has 0 atom stereocenters. The molecule has 4 rings (SSSR count). The van der Waals surface area contributed by atoms with Crippen LogP contribution in [-0.2, 0) is 4.79 Å². The monoisotopic (exact) mass is 356 g/mol. The average Bonchev–Trinajstić information content (AvgIpc) is 3.36. The molecule has 0 bridgehead atoms. The Balaban J connectivity index is 1.27. The van der Waals surface area contributed by atoms with Crippen molar-refractivity contribution in [1.82, 2.24) is 15.1 Å². The van der Waals surface area contributed by atoms with Gasteiger partial charge in [0.05, 0.1) is 0 Å². The van der Waals surface area contributed by atoms with Crippen molar-refractivity contribution in [3.8, 4) is 5.75 Å². The third-order valence-electron chi connectivity index (χ3n) is 4.82. The summed E-state index contributed by atoms with van der Waals surface area (Å²) in [4.78, 5) is 16.3. The zero-order valence-corrected chi connectivity index (χ0v) is 15.3. The normalized spacial score (nSPS) is 17.5. The Bertz CT molecular complexity index is 772. The minimum absolute atomic E-state index is 0.00741. The molecule has 1 aromatic carbocycles. The van der Waals surface area contributed by atoms with Gasteiger partial charge in [0, 0.05) is 32.1 Å². The number of anilines is 1. The molecule has 7 nitrogen and oxygen atoms in total. The Morgan fingerprint density at radius 3 is 2.46 bits per heavy atom. The molecule has 0 unspecified atom stereocenters. The Kier molecular flexibility index (Phi) is 4.53. The SMILES string of the molecule is Cc1cc(C)cc(OCC(=O)N2CCN(c3nnc(C4CC4)o3)CC2)c1. The minimum atomic E-state index is 0.00741. The van der Waals surface area contributed by atoms with E-state index in [1.165, 1.54) is 0 Å². The molecule has 1 aliphatic carbocycles. The van der Waals surface area contributed by atoms with Crippen molar-refractivity contribution in [2.45, 2.75) is 32.6 Å². The minimum Gasteiger partial charge on any atom is -0.484 e. The first-order chi connectivity index (χ1) is 12.6. The van der Waals surface area contributed by atoms with Crippen LogP contribution in [0.4, 0.5) is 6.01 Å². The molecular formula is C19H24N4O3. The first-order valence-electron chi connectivity index (χ1n) is 9.16. The molecule has 1 saturated heterocycles. The predicted octanol–water partition coefficient (Wildman–Crippen LogP) is 2.29. The molecule has 138 valence electrons. The number of ether oxygens (including phenoxy) is 1. The second-order valence-electron chi connectivity index (χ2n) is 7.18. The quantitative estimate of drug-likeness (QED) is 0.819. The first kappa shape index (κ1) is 16.9. The van der Waals surface area contributed by atoms with Gasteiger partial charge in [-0.05, 0) is 49.9 Å². The molecule has 2 fully saturated rings. The van der Waals surface area contributed by atoms with E-state index in [4.69, 9.17) is 9.15 Å². The average molecular weight is 356 g/mol. The molecular weight excluding hydrogens is 332 g/mol. The molecule has 2 aliphatic rings. The van der Waals surface area contributed by atoms with Crippen molar-refractivity contribution >= 4 is 11.9 Å². The van der Waals surface area contributed by atoms with Crippen molar-refractivity contribution in [1.29, 1.82) is 0 Å². The van der Waals surface area contributed by atoms with Crippen LogP contribution in [0, 0.1) is 13.8 Å². The standard InChI is InChI=1S/C19H24N4O3/c1-13-9-14(2)11-16(10-13)25-12-17(24)22-5-7-23(8-6-22)19-21-20-18(26-19)15-3-4-15/h9-11,15H,3-8,12H2,1-2H3. The molecule has 1 aliphatic heterocycles. The number of benzene rings is 1. The lowest BCUT2D eigenvalue weighted by molar-refractivity contribution is -0.133. The fourth-order valence-corrected chi connectivity index (χ4v) is 3.25. The highest BCUT2D eigenvalue weighted by Crippen LogP contribution is 2.39. The van der Waals surface area contributed by atoms with Crippen molar-refractivity contribution in [2.24, 2.45) is 0 Å². The van der Waals surface area contributed by atoms with Gasteiger partial charge in [0.1, 0.15) is 5.75 Å². The fraction of sp³-hybridized carbons (Fsp3) is 0.526. The zero-order valence-electron chi connectivity index (χ0n) is 15.3. The molecule has 26 heavy (non-hydrogen) atoms. The molecule has 7 heteroatoms. The van der Waals surface area contributed by atoms with Crippen LogP contribution >= 0.6 is 0 Å². The Morgan fingerprint density at radius 2 is 1.81 bits per heavy atom. The number of carbonyl (C=O) groups is 1. The van der Waals surface area contributed by atoms with E-state index in [0.717, 1.165) is 35.6 Å². The van der Waals surface area contributed by atoms with E-state index < -0.39 is 0 Å². The number of rotatable bonds is 5. The summed E-state index contributed by atoms with van der Waals surface area (Å²) in [6, 6.07) is 6.56. The largest absolute Gasteiger partial charge is 0.484 e. The molecule has 1 aromatic heterocycles. The van der Waals surface area contributed by atoms with Crippen LogP contribution in [0.25, 0.3) is 0 Å². The highest BCUT2D eigenvalue weighted by molar-refractivity contribution is 5.78. The number of piperazine rings is 1. The Morgan fingerprint density at radius 1 is 1.12 bits per heavy atom. The molecule has 0 N–H and O–H groups in total. The van der Waals surface area contributed by atoms with Gasteiger partial charge in [0.25, 0.3) is 5.91 Å². The lowest BCUT2D eigenvalue weighted by atomic mass is 10.1. The second kappa shape index (κ2) is 6.97. The summed E-state index contributed by atoms with van der Waals surface area (Å²) in [6.07, 6.45) is 2.29. The van der Waals surface area contributed by atoms with Gasteiger partial charge in [-0.2, -0.15) is 0 Å². The van der Waals surface area contributed by atoms with Crippen LogP contribution in [0.3, 0.4) is 0 Å². The highest BCUT2D eigenvalue weighted by atomic mass is 16.5. The fourth-order valence-electron chi connectivity index (χ4n) is 3.25. The lowest BCUT2D eigenvalue weighted by Crippen LogP contribution is -2.50. The van der Waals surface area contributed by atoms with Crippen LogP contribution in [0.2, 0.25) is 0 Å². The third kappa shape index (κ3) is 3.81. The summed E-state index contributed by atoms with van der Waals surface area (Å²) in [5.41, 5.74) is 2.26. The van der Waals surface area contributed by atoms with Crippen LogP contribution < -0.4 is 9.64 Å². The summed E-state index contributed by atoms with van der Waals surface area (Å²) >= 11 is 0. The number of carbonyl (C=O) groups excluding carboxylic acids is 1. The van der Waals surface area contributed by atoms with Gasteiger partial charge >= 0.3 is 6.01 Å². The first-order valence-corrected chi connectivity index (χ1v) is 9.16. The maximum Gasteiger partial charge on any atom is 0.318 e. The summed E-state index contributed by atoms with van der Waals surface area (Å²) in [5.74, 6) is 1.96. The number of hydrogen-bond donors (Lipinski definition) is 0. The molecule has 0 radical (unpaired) electrons. The van der Waals surface area contributed by atoms with E-state index in [1.807, 2.05) is 35.8 Å². The highest BCUT2D eigenvalue weighted by Gasteiger charge is 2.31. The van der Waals surface area contributed by atoms with Gasteiger partial charge in [-0.3, -0.25) is 4.79 Å². The summed E-state index contributed by atoms with van der Waals surface area (Å²) < 4.78 is 11.4. The van der Waals surface area contributed by atoms with Crippen LogP contribution in [0.5, 0.6) is 5.75 Å². The van der Waals surface area contributed by atoms with Crippen LogP contribution in [0.15, 0.2) is 22.6 Å². The second-order valence-corrected chi connectivity index (χ2v) is 7.18. The molecule has 0 spiro atoms. The van der Waals surface area contributed by atoms with E-state index in [1.54, 1.807) is 0 Å². The number of nitrogens with zero attached hydrogens (tertiary/aromatic N) is 4. The summed E-state index contributed by atoms with van der Waals surface area (Å²) in [7, 11) is 0. The Hall–Kier alpha value is -2.57. The molecule has 1 saturated carbocycles. The van der Waals surface area contributed by atoms with E-state index in [-0.39, 0.29) is 12.5 Å². The van der Waals surface area contributed by atoms with Crippen molar-refractivity contribution in [3.63, 3.8) is 0 Å². The summed E-state index contributed by atoms with van der Waals surface area (Å²) in [6.45, 7) is 6.77. The molecule has 1 amide bonds. The van der Waals surface area contributed by atoms with Gasteiger partial charge in [-0.1, -0.05) is 11.2 Å². The maximum absolute atomic E-state index is 12.4. The van der Waals surface area contributed by atoms with Gasteiger partial charge < -0.3 is 19.0 Å². The molecule has 2 aromatic rings. The van der Waals surface area contributed by atoms with E-state index in [9.17, 15) is 4.79 Å². The smallest absolute Gasteiger partial charge is 0.318 e. The third-order valence-corrected chi connectivity index (χ3v) is 4.82. The van der Waals surface area contributed by atoms with Crippen LogP contribution in [-0.4, -0.2) is 53.8 Å². The zero-order chi connectivity index (χ0) is 18.1. The van der Waals surface area contributed by atoms with E-state index >= 15 is 0 Å². The van der Waals surface area contributed by atoms with E-state index in [2.05, 4.69) is 16.3 Å².